The van der Waals surface area contributed by atoms with Gasteiger partial charge in [0, 0.05) is 5.41 Å². The quantitative estimate of drug-likeness (QED) is 0.392. The predicted octanol–water partition coefficient (Wildman–Crippen LogP) is 3.18. The summed E-state index contributed by atoms with van der Waals surface area (Å²) in [5.41, 5.74) is 0.531. The Hall–Kier alpha value is -0.620. The summed E-state index contributed by atoms with van der Waals surface area (Å²) in [6, 6.07) is 0. The van der Waals surface area contributed by atoms with Gasteiger partial charge in [-0.15, -0.1) is 0 Å². The van der Waals surface area contributed by atoms with Crippen LogP contribution in [-0.4, -0.2) is 22.1 Å². The van der Waals surface area contributed by atoms with Gasteiger partial charge in [-0.05, 0) is 33.6 Å². The van der Waals surface area contributed by atoms with Gasteiger partial charge in [0.05, 0.1) is 5.25 Å². The third kappa shape index (κ3) is 5.10. The second-order valence-electron chi connectivity index (χ2n) is 4.53. The Labute approximate surface area is 116 Å². The lowest BCUT2D eigenvalue weighted by Gasteiger charge is -2.11. The van der Waals surface area contributed by atoms with E-state index < -0.39 is 23.0 Å². The van der Waals surface area contributed by atoms with E-state index >= 15 is 0 Å². The van der Waals surface area contributed by atoms with E-state index in [9.17, 15) is 16.8 Å². The van der Waals surface area contributed by atoms with Gasteiger partial charge >= 0.3 is 0 Å². The molecule has 0 rings (SSSR count). The molecule has 1 atom stereocenters. The summed E-state index contributed by atoms with van der Waals surface area (Å²) in [7, 11) is -8.48. The zero-order valence-electron chi connectivity index (χ0n) is 12.1. The Kier molecular flexibility index (Phi) is 7.59. The van der Waals surface area contributed by atoms with Crippen molar-refractivity contribution in [3.05, 3.63) is 23.1 Å². The van der Waals surface area contributed by atoms with Crippen LogP contribution in [0.2, 0.25) is 0 Å². The van der Waals surface area contributed by atoms with Gasteiger partial charge in [-0.3, -0.25) is 0 Å². The zero-order chi connectivity index (χ0) is 15.1. The van der Waals surface area contributed by atoms with Gasteiger partial charge in [0.15, 0.2) is 0 Å². The monoisotopic (exact) mass is 308 g/mol. The van der Waals surface area contributed by atoms with Crippen LogP contribution in [0, 0.1) is 0 Å². The van der Waals surface area contributed by atoms with Crippen LogP contribution in [0.25, 0.3) is 0 Å². The fourth-order valence-electron chi connectivity index (χ4n) is 1.44. The third-order valence-electron chi connectivity index (χ3n) is 3.09. The lowest BCUT2D eigenvalue weighted by Crippen LogP contribution is -2.25. The van der Waals surface area contributed by atoms with Gasteiger partial charge in [-0.25, -0.2) is 16.8 Å². The average Bonchev–Trinajstić information content (AvgIpc) is 2.36. The van der Waals surface area contributed by atoms with Gasteiger partial charge in [0.2, 0.25) is 0 Å². The van der Waals surface area contributed by atoms with Crippen molar-refractivity contribution in [1.29, 1.82) is 0 Å². The first-order valence-electron chi connectivity index (χ1n) is 6.49. The predicted molar refractivity (Wildman–Crippen MR) is 80.0 cm³/mol. The van der Waals surface area contributed by atoms with Crippen LogP contribution in [0.3, 0.4) is 0 Å². The molecule has 4 nitrogen and oxygen atoms in total. The van der Waals surface area contributed by atoms with E-state index in [0.717, 1.165) is 24.7 Å². The number of rotatable bonds is 8. The van der Waals surface area contributed by atoms with E-state index in [4.69, 9.17) is 0 Å². The first-order chi connectivity index (χ1) is 8.70. The maximum atomic E-state index is 12.0. The highest BCUT2D eigenvalue weighted by molar-refractivity contribution is 8.68. The second kappa shape index (κ2) is 7.85. The second-order valence-corrected chi connectivity index (χ2v) is 10.3. The highest BCUT2D eigenvalue weighted by Gasteiger charge is 2.34. The van der Waals surface area contributed by atoms with E-state index in [1.54, 1.807) is 19.9 Å². The van der Waals surface area contributed by atoms with Crippen molar-refractivity contribution in [2.24, 2.45) is 0 Å². The third-order valence-corrected chi connectivity index (χ3v) is 8.64. The molecule has 0 bridgehead atoms. The largest absolute Gasteiger partial charge is 0.275 e. The van der Waals surface area contributed by atoms with Crippen LogP contribution in [0.1, 0.15) is 53.4 Å². The molecule has 0 aliphatic carbocycles. The van der Waals surface area contributed by atoms with Crippen molar-refractivity contribution in [2.75, 3.05) is 0 Å². The molecule has 0 aromatic rings. The van der Waals surface area contributed by atoms with Gasteiger partial charge < -0.3 is 0 Å². The van der Waals surface area contributed by atoms with Gasteiger partial charge in [-0.2, -0.15) is 0 Å². The van der Waals surface area contributed by atoms with Crippen molar-refractivity contribution >= 4 is 17.7 Å². The summed E-state index contributed by atoms with van der Waals surface area (Å²) in [4.78, 5) is 0. The van der Waals surface area contributed by atoms with Crippen molar-refractivity contribution in [2.45, 2.75) is 58.6 Å². The molecule has 0 radical (unpaired) electrons. The highest BCUT2D eigenvalue weighted by atomic mass is 33.2. The molecule has 0 amide bonds. The fraction of sp³-hybridized carbons (Fsp3) is 0.692. The zero-order valence-corrected chi connectivity index (χ0v) is 13.7. The van der Waals surface area contributed by atoms with Gasteiger partial charge in [0.1, 0.15) is 0 Å². The molecule has 112 valence electrons. The summed E-state index contributed by atoms with van der Waals surface area (Å²) in [6.07, 6.45) is 6.54. The molecule has 0 fully saturated rings. The molecule has 0 aliphatic heterocycles. The van der Waals surface area contributed by atoms with Crippen molar-refractivity contribution in [3.63, 3.8) is 0 Å². The molecule has 0 saturated heterocycles. The summed E-state index contributed by atoms with van der Waals surface area (Å²) < 4.78 is 47.7. The maximum absolute atomic E-state index is 12.0. The summed E-state index contributed by atoms with van der Waals surface area (Å²) >= 11 is 0. The van der Waals surface area contributed by atoms with E-state index in [2.05, 4.69) is 0 Å². The molecule has 0 spiro atoms. The molecular weight excluding hydrogens is 284 g/mol. The molecular formula is C13H24O4S2. The summed E-state index contributed by atoms with van der Waals surface area (Å²) in [5, 5.41) is -0.181. The van der Waals surface area contributed by atoms with Crippen molar-refractivity contribution < 1.29 is 16.8 Å². The van der Waals surface area contributed by atoms with E-state index in [-0.39, 0.29) is 0 Å². The summed E-state index contributed by atoms with van der Waals surface area (Å²) in [6.45, 7) is 6.75. The van der Waals surface area contributed by atoms with Crippen LogP contribution >= 0.6 is 0 Å². The number of hydrogen-bond donors (Lipinski definition) is 0. The number of unbranched alkanes of at least 4 members (excludes halogenated alkanes) is 3. The van der Waals surface area contributed by atoms with E-state index in [0.29, 0.717) is 12.0 Å². The Morgan fingerprint density at radius 2 is 1.74 bits per heavy atom. The molecule has 0 aliphatic rings. The Morgan fingerprint density at radius 3 is 2.21 bits per heavy atom. The Bertz CT molecular complexity index is 525. The average molecular weight is 308 g/mol. The first kappa shape index (κ1) is 18.4. The van der Waals surface area contributed by atoms with E-state index in [1.807, 2.05) is 6.92 Å². The van der Waals surface area contributed by atoms with Crippen molar-refractivity contribution in [1.82, 2.24) is 0 Å². The number of hydrogen-bond acceptors (Lipinski definition) is 4. The van der Waals surface area contributed by atoms with E-state index in [1.165, 1.54) is 13.0 Å². The Morgan fingerprint density at radius 1 is 1.16 bits per heavy atom. The van der Waals surface area contributed by atoms with Gasteiger partial charge in [0.25, 0.3) is 17.7 Å². The summed E-state index contributed by atoms with van der Waals surface area (Å²) in [5.74, 6) is 0. The molecule has 0 N–H and O–H groups in total. The molecule has 19 heavy (non-hydrogen) atoms. The number of allylic oxidation sites excluding steroid dienone is 2. The smallest absolute Gasteiger partial charge is 0.212 e. The fourth-order valence-corrected chi connectivity index (χ4v) is 5.32. The lowest BCUT2D eigenvalue weighted by molar-refractivity contribution is 0.583. The Balaban J connectivity index is 5.00. The molecule has 0 saturated carbocycles. The maximum Gasteiger partial charge on any atom is 0.275 e. The minimum absolute atomic E-state index is 0.531. The van der Waals surface area contributed by atoms with Gasteiger partial charge in [-0.1, -0.05) is 37.5 Å². The highest BCUT2D eigenvalue weighted by Crippen LogP contribution is 2.19. The first-order valence-corrected chi connectivity index (χ1v) is 10.1. The van der Waals surface area contributed by atoms with Crippen LogP contribution in [0.4, 0.5) is 0 Å². The van der Waals surface area contributed by atoms with Crippen LogP contribution in [0.15, 0.2) is 23.1 Å². The normalized spacial score (nSPS) is 15.9. The standard InChI is InChI=1S/C13H24O4S2/c1-5-7-8-9-10-11-18(14,15)19(16,17)13(4)12(3)6-2/h6,10-11,13H,5,7-9H2,1-4H3. The molecule has 0 heterocycles. The molecule has 0 aromatic carbocycles. The molecule has 0 aromatic heterocycles. The molecule has 6 heteroatoms. The topological polar surface area (TPSA) is 68.3 Å². The van der Waals surface area contributed by atoms with Crippen molar-refractivity contribution in [3.8, 4) is 0 Å². The molecule has 1 unspecified atom stereocenters. The van der Waals surface area contributed by atoms with Crippen LogP contribution in [0.5, 0.6) is 0 Å². The van der Waals surface area contributed by atoms with Crippen LogP contribution in [-0.2, 0) is 17.7 Å². The minimum Gasteiger partial charge on any atom is -0.212 e. The SMILES string of the molecule is CC=C(C)C(C)S(=O)(=O)S(=O)(=O)C=CCCCCC. The van der Waals surface area contributed by atoms with Crippen LogP contribution < -0.4 is 0 Å². The lowest BCUT2D eigenvalue weighted by atomic mass is 10.2. The minimum atomic E-state index is -4.25.